The van der Waals surface area contributed by atoms with Crippen LogP contribution in [-0.2, 0) is 6.54 Å². The number of nitrogens with one attached hydrogen (secondary N) is 2. The summed E-state index contributed by atoms with van der Waals surface area (Å²) in [6.45, 7) is 0.549. The first-order valence-corrected chi connectivity index (χ1v) is 8.04. The third kappa shape index (κ3) is 4.36. The number of carbonyl (C=O) groups is 1. The molecule has 0 saturated heterocycles. The summed E-state index contributed by atoms with van der Waals surface area (Å²) in [4.78, 5) is 16.4. The number of hydrogen-bond acceptors (Lipinski definition) is 4. The first kappa shape index (κ1) is 17.4. The minimum Gasteiger partial charge on any atom is -0.496 e. The van der Waals surface area contributed by atoms with Gasteiger partial charge in [0.05, 0.1) is 7.11 Å². The summed E-state index contributed by atoms with van der Waals surface area (Å²) in [5.74, 6) is 0.0737. The van der Waals surface area contributed by atoms with E-state index in [0.29, 0.717) is 12.2 Å². The number of aromatic nitrogens is 1. The van der Waals surface area contributed by atoms with E-state index in [1.165, 1.54) is 24.3 Å². The van der Waals surface area contributed by atoms with Crippen molar-refractivity contribution in [3.8, 4) is 5.75 Å². The lowest BCUT2D eigenvalue weighted by atomic mass is 10.2. The minimum absolute atomic E-state index is 0.263. The van der Waals surface area contributed by atoms with Gasteiger partial charge in [-0.3, -0.25) is 9.78 Å². The van der Waals surface area contributed by atoms with Crippen LogP contribution in [-0.4, -0.2) is 18.0 Å². The van der Waals surface area contributed by atoms with Gasteiger partial charge in [0.2, 0.25) is 0 Å². The molecule has 3 rings (SSSR count). The van der Waals surface area contributed by atoms with Crippen LogP contribution in [0.5, 0.6) is 5.75 Å². The SMILES string of the molecule is COc1ccccc1CNc1ccnc(C(=O)Nc2ccc(F)cc2)c1. The van der Waals surface area contributed by atoms with Crippen molar-refractivity contribution in [2.75, 3.05) is 17.7 Å². The van der Waals surface area contributed by atoms with Gasteiger partial charge in [-0.05, 0) is 42.5 Å². The maximum absolute atomic E-state index is 12.9. The van der Waals surface area contributed by atoms with Gasteiger partial charge in [0, 0.05) is 29.7 Å². The molecule has 2 N–H and O–H groups in total. The van der Waals surface area contributed by atoms with Gasteiger partial charge in [0.15, 0.2) is 0 Å². The van der Waals surface area contributed by atoms with Gasteiger partial charge < -0.3 is 15.4 Å². The average Bonchev–Trinajstić information content (AvgIpc) is 2.68. The van der Waals surface area contributed by atoms with E-state index in [-0.39, 0.29) is 17.4 Å². The number of carbonyl (C=O) groups excluding carboxylic acids is 1. The predicted octanol–water partition coefficient (Wildman–Crippen LogP) is 4.09. The van der Waals surface area contributed by atoms with Crippen LogP contribution in [0.3, 0.4) is 0 Å². The second kappa shape index (κ2) is 8.11. The van der Waals surface area contributed by atoms with Crippen molar-refractivity contribution >= 4 is 17.3 Å². The zero-order chi connectivity index (χ0) is 18.4. The molecule has 0 saturated carbocycles. The lowest BCUT2D eigenvalue weighted by molar-refractivity contribution is 0.102. The number of para-hydroxylation sites is 1. The van der Waals surface area contributed by atoms with Crippen molar-refractivity contribution in [1.29, 1.82) is 0 Å². The number of hydrogen-bond donors (Lipinski definition) is 2. The molecular weight excluding hydrogens is 333 g/mol. The van der Waals surface area contributed by atoms with Gasteiger partial charge in [-0.2, -0.15) is 0 Å². The van der Waals surface area contributed by atoms with Crippen LogP contribution in [0, 0.1) is 5.82 Å². The molecule has 1 amide bonds. The molecule has 0 aliphatic heterocycles. The van der Waals surface area contributed by atoms with Gasteiger partial charge >= 0.3 is 0 Å². The highest BCUT2D eigenvalue weighted by molar-refractivity contribution is 6.03. The van der Waals surface area contributed by atoms with Crippen LogP contribution >= 0.6 is 0 Å². The Morgan fingerprint density at radius 3 is 2.62 bits per heavy atom. The number of benzene rings is 2. The first-order valence-electron chi connectivity index (χ1n) is 8.04. The second-order valence-electron chi connectivity index (χ2n) is 5.56. The molecule has 26 heavy (non-hydrogen) atoms. The summed E-state index contributed by atoms with van der Waals surface area (Å²) >= 11 is 0. The molecule has 0 radical (unpaired) electrons. The Bertz CT molecular complexity index is 898. The van der Waals surface area contributed by atoms with E-state index in [4.69, 9.17) is 4.74 Å². The molecular formula is C20H18FN3O2. The molecule has 3 aromatic rings. The molecule has 0 fully saturated rings. The molecule has 0 unspecified atom stereocenters. The van der Waals surface area contributed by atoms with E-state index in [0.717, 1.165) is 17.0 Å². The van der Waals surface area contributed by atoms with Crippen molar-refractivity contribution < 1.29 is 13.9 Å². The predicted molar refractivity (Wildman–Crippen MR) is 98.9 cm³/mol. The molecule has 0 aliphatic carbocycles. The fourth-order valence-electron chi connectivity index (χ4n) is 2.44. The fraction of sp³-hybridized carbons (Fsp3) is 0.100. The Hall–Kier alpha value is -3.41. The highest BCUT2D eigenvalue weighted by Crippen LogP contribution is 2.19. The van der Waals surface area contributed by atoms with Crippen molar-refractivity contribution in [3.05, 3.63) is 83.9 Å². The Kier molecular flexibility index (Phi) is 5.43. The summed E-state index contributed by atoms with van der Waals surface area (Å²) in [6, 6.07) is 16.7. The first-order chi connectivity index (χ1) is 12.7. The summed E-state index contributed by atoms with van der Waals surface area (Å²) in [7, 11) is 1.63. The highest BCUT2D eigenvalue weighted by Gasteiger charge is 2.09. The van der Waals surface area contributed by atoms with E-state index < -0.39 is 0 Å². The molecule has 132 valence electrons. The maximum atomic E-state index is 12.9. The van der Waals surface area contributed by atoms with Gasteiger partial charge in [-0.15, -0.1) is 0 Å². The minimum atomic E-state index is -0.363. The summed E-state index contributed by atoms with van der Waals surface area (Å²) in [5, 5.41) is 5.94. The molecule has 0 bridgehead atoms. The Morgan fingerprint density at radius 1 is 1.08 bits per heavy atom. The number of methoxy groups -OCH3 is 1. The quantitative estimate of drug-likeness (QED) is 0.702. The topological polar surface area (TPSA) is 63.2 Å². The number of nitrogens with zero attached hydrogens (tertiary/aromatic N) is 1. The summed E-state index contributed by atoms with van der Waals surface area (Å²) in [6.07, 6.45) is 1.56. The lowest BCUT2D eigenvalue weighted by Gasteiger charge is -2.11. The van der Waals surface area contributed by atoms with Crippen LogP contribution in [0.1, 0.15) is 16.1 Å². The zero-order valence-electron chi connectivity index (χ0n) is 14.2. The van der Waals surface area contributed by atoms with E-state index in [2.05, 4.69) is 15.6 Å². The zero-order valence-corrected chi connectivity index (χ0v) is 14.2. The number of halogens is 1. The average molecular weight is 351 g/mol. The number of amides is 1. The third-order valence-corrected chi connectivity index (χ3v) is 3.77. The van der Waals surface area contributed by atoms with E-state index in [9.17, 15) is 9.18 Å². The van der Waals surface area contributed by atoms with Crippen LogP contribution < -0.4 is 15.4 Å². The van der Waals surface area contributed by atoms with Gasteiger partial charge in [0.25, 0.3) is 5.91 Å². The largest absolute Gasteiger partial charge is 0.496 e. The van der Waals surface area contributed by atoms with Crippen molar-refractivity contribution in [2.24, 2.45) is 0 Å². The standard InChI is InChI=1S/C20H18FN3O2/c1-26-19-5-3-2-4-14(19)13-23-17-10-11-22-18(12-17)20(25)24-16-8-6-15(21)7-9-16/h2-12H,13H2,1H3,(H,22,23)(H,24,25). The van der Waals surface area contributed by atoms with Crippen molar-refractivity contribution in [3.63, 3.8) is 0 Å². The molecule has 0 spiro atoms. The monoisotopic (exact) mass is 351 g/mol. The molecule has 0 aliphatic rings. The molecule has 1 aromatic heterocycles. The van der Waals surface area contributed by atoms with Crippen LogP contribution in [0.2, 0.25) is 0 Å². The van der Waals surface area contributed by atoms with Crippen LogP contribution in [0.15, 0.2) is 66.9 Å². The molecule has 0 atom stereocenters. The number of anilines is 2. The summed E-state index contributed by atoms with van der Waals surface area (Å²) in [5.41, 5.74) is 2.53. The Morgan fingerprint density at radius 2 is 1.85 bits per heavy atom. The van der Waals surface area contributed by atoms with E-state index in [1.807, 2.05) is 24.3 Å². The highest BCUT2D eigenvalue weighted by atomic mass is 19.1. The second-order valence-corrected chi connectivity index (χ2v) is 5.56. The Labute approximate surface area is 150 Å². The fourth-order valence-corrected chi connectivity index (χ4v) is 2.44. The van der Waals surface area contributed by atoms with E-state index in [1.54, 1.807) is 25.4 Å². The van der Waals surface area contributed by atoms with Gasteiger partial charge in [-0.1, -0.05) is 18.2 Å². The Balaban J connectivity index is 1.67. The van der Waals surface area contributed by atoms with Crippen molar-refractivity contribution in [2.45, 2.75) is 6.54 Å². The number of rotatable bonds is 6. The molecule has 6 heteroatoms. The number of pyridine rings is 1. The molecule has 5 nitrogen and oxygen atoms in total. The van der Waals surface area contributed by atoms with Crippen LogP contribution in [0.25, 0.3) is 0 Å². The third-order valence-electron chi connectivity index (χ3n) is 3.77. The maximum Gasteiger partial charge on any atom is 0.274 e. The normalized spacial score (nSPS) is 10.2. The summed E-state index contributed by atoms with van der Waals surface area (Å²) < 4.78 is 18.3. The van der Waals surface area contributed by atoms with Crippen molar-refractivity contribution in [1.82, 2.24) is 4.98 Å². The number of ether oxygens (including phenoxy) is 1. The van der Waals surface area contributed by atoms with Crippen LogP contribution in [0.4, 0.5) is 15.8 Å². The van der Waals surface area contributed by atoms with Gasteiger partial charge in [-0.25, -0.2) is 4.39 Å². The van der Waals surface area contributed by atoms with E-state index >= 15 is 0 Å². The molecule has 1 heterocycles. The molecule has 2 aromatic carbocycles. The smallest absolute Gasteiger partial charge is 0.274 e. The van der Waals surface area contributed by atoms with Gasteiger partial charge in [0.1, 0.15) is 17.3 Å². The lowest BCUT2D eigenvalue weighted by Crippen LogP contribution is -2.14.